The van der Waals surface area contributed by atoms with E-state index < -0.39 is 0 Å². The van der Waals surface area contributed by atoms with Gasteiger partial charge in [-0.1, -0.05) is 170 Å². The summed E-state index contributed by atoms with van der Waals surface area (Å²) in [6.07, 6.45) is 0. The summed E-state index contributed by atoms with van der Waals surface area (Å²) in [5.74, 6) is 1.89. The van der Waals surface area contributed by atoms with Crippen LogP contribution in [0.15, 0.2) is 224 Å². The van der Waals surface area contributed by atoms with Gasteiger partial charge in [-0.15, -0.1) is 11.3 Å². The number of hydrogen-bond donors (Lipinski definition) is 0. The molecule has 6 heteroatoms. The Labute approximate surface area is 389 Å². The molecular formula is C61H37N5S. The summed E-state index contributed by atoms with van der Waals surface area (Å²) in [4.78, 5) is 15.8. The lowest BCUT2D eigenvalue weighted by Gasteiger charge is -2.15. The van der Waals surface area contributed by atoms with Gasteiger partial charge in [-0.25, -0.2) is 15.0 Å². The van der Waals surface area contributed by atoms with E-state index in [1.54, 1.807) is 11.3 Å². The number of rotatable bonds is 6. The largest absolute Gasteiger partial charge is 0.307 e. The van der Waals surface area contributed by atoms with Crippen LogP contribution in [0.25, 0.3) is 131 Å². The molecular weight excluding hydrogens is 835 g/mol. The molecule has 67 heavy (non-hydrogen) atoms. The second-order valence-electron chi connectivity index (χ2n) is 17.2. The average Bonchev–Trinajstić information content (AvgIpc) is 4.06. The summed E-state index contributed by atoms with van der Waals surface area (Å²) >= 11 is 1.80. The first-order valence-corrected chi connectivity index (χ1v) is 23.4. The molecule has 0 atom stereocenters. The quantitative estimate of drug-likeness (QED) is 0.167. The minimum absolute atomic E-state index is 0.619. The van der Waals surface area contributed by atoms with Gasteiger partial charge in [0, 0.05) is 64.1 Å². The molecule has 0 unspecified atom stereocenters. The maximum Gasteiger partial charge on any atom is 0.164 e. The SMILES string of the molecule is c1ccc(-c2cccc(-n3c4ccccc4c4cccc(-n5c6ccccc6c6ccc(-c7nc(-c8ccc9ccccc9c8)nc(-c8ccc9c(c8)sc8ccccc89)n7)cc65)c43)c2)cc1. The zero-order chi connectivity index (χ0) is 44.0. The van der Waals surface area contributed by atoms with Gasteiger partial charge in [-0.3, -0.25) is 0 Å². The highest BCUT2D eigenvalue weighted by molar-refractivity contribution is 7.25. The Balaban J connectivity index is 1.01. The maximum atomic E-state index is 5.32. The third-order valence-corrected chi connectivity index (χ3v) is 14.5. The molecule has 5 nitrogen and oxygen atoms in total. The first-order chi connectivity index (χ1) is 33.2. The van der Waals surface area contributed by atoms with E-state index in [1.165, 1.54) is 52.8 Å². The summed E-state index contributed by atoms with van der Waals surface area (Å²) in [5.41, 5.74) is 11.9. The summed E-state index contributed by atoms with van der Waals surface area (Å²) in [5, 5.41) is 9.56. The Morgan fingerprint density at radius 2 is 0.851 bits per heavy atom. The summed E-state index contributed by atoms with van der Waals surface area (Å²) in [6.45, 7) is 0. The van der Waals surface area contributed by atoms with E-state index in [-0.39, 0.29) is 0 Å². The highest BCUT2D eigenvalue weighted by Gasteiger charge is 2.22. The second-order valence-corrected chi connectivity index (χ2v) is 18.3. The Bertz CT molecular complexity index is 4290. The molecule has 14 rings (SSSR count). The van der Waals surface area contributed by atoms with Crippen LogP contribution in [-0.2, 0) is 0 Å². The number of para-hydroxylation sites is 3. The normalized spacial score (nSPS) is 11.9. The molecule has 312 valence electrons. The molecule has 0 bridgehead atoms. The van der Waals surface area contributed by atoms with Gasteiger partial charge < -0.3 is 9.13 Å². The van der Waals surface area contributed by atoms with Crippen LogP contribution < -0.4 is 0 Å². The molecule has 14 aromatic rings. The predicted molar refractivity (Wildman–Crippen MR) is 281 cm³/mol. The molecule has 0 radical (unpaired) electrons. The Morgan fingerprint density at radius 3 is 1.66 bits per heavy atom. The summed E-state index contributed by atoms with van der Waals surface area (Å²) in [7, 11) is 0. The first kappa shape index (κ1) is 37.6. The maximum absolute atomic E-state index is 5.32. The lowest BCUT2D eigenvalue weighted by Crippen LogP contribution is -2.02. The Hall–Kier alpha value is -8.71. The van der Waals surface area contributed by atoms with Gasteiger partial charge in [0.05, 0.1) is 27.8 Å². The molecule has 0 aliphatic rings. The smallest absolute Gasteiger partial charge is 0.164 e. The van der Waals surface area contributed by atoms with Crippen molar-refractivity contribution in [3.05, 3.63) is 224 Å². The summed E-state index contributed by atoms with van der Waals surface area (Å²) in [6, 6.07) is 80.5. The number of benzene rings is 10. The van der Waals surface area contributed by atoms with Crippen molar-refractivity contribution >= 4 is 85.9 Å². The minimum Gasteiger partial charge on any atom is -0.307 e. The monoisotopic (exact) mass is 871 g/mol. The molecule has 10 aromatic carbocycles. The van der Waals surface area contributed by atoms with E-state index in [2.05, 4.69) is 234 Å². The van der Waals surface area contributed by atoms with Gasteiger partial charge in [0.15, 0.2) is 17.5 Å². The molecule has 0 aliphatic heterocycles. The van der Waals surface area contributed by atoms with Crippen LogP contribution in [0.1, 0.15) is 0 Å². The van der Waals surface area contributed by atoms with Crippen LogP contribution in [0.3, 0.4) is 0 Å². The van der Waals surface area contributed by atoms with Gasteiger partial charge in [0.25, 0.3) is 0 Å². The first-order valence-electron chi connectivity index (χ1n) is 22.6. The fraction of sp³-hybridized carbons (Fsp3) is 0. The van der Waals surface area contributed by atoms with Gasteiger partial charge in [0.2, 0.25) is 0 Å². The van der Waals surface area contributed by atoms with E-state index in [9.17, 15) is 0 Å². The molecule has 4 heterocycles. The van der Waals surface area contributed by atoms with Crippen molar-refractivity contribution in [2.24, 2.45) is 0 Å². The third-order valence-electron chi connectivity index (χ3n) is 13.3. The van der Waals surface area contributed by atoms with Crippen molar-refractivity contribution in [2.75, 3.05) is 0 Å². The standard InChI is InChI=1S/C61H37N5S/c1-2-14-38(15-3-1)41-18-12-19-45(35-41)65-52-24-9-7-21-47(52)51-23-13-26-54(58(51)65)66-53-25-10-6-20-46(53)48-32-30-43(36-55(48)66)60-62-59(42-29-28-39-16-4-5-17-40(39)34-42)63-61(64-60)44-31-33-50-49-22-8-11-27-56(49)67-57(50)37-44/h1-37H. The number of hydrogen-bond acceptors (Lipinski definition) is 4. The van der Waals surface area contributed by atoms with Crippen LogP contribution in [-0.4, -0.2) is 24.1 Å². The van der Waals surface area contributed by atoms with Gasteiger partial charge in [-0.2, -0.15) is 0 Å². The van der Waals surface area contributed by atoms with Crippen LogP contribution in [0.5, 0.6) is 0 Å². The van der Waals surface area contributed by atoms with Gasteiger partial charge in [0.1, 0.15) is 0 Å². The van der Waals surface area contributed by atoms with Crippen LogP contribution in [0.2, 0.25) is 0 Å². The number of fused-ring (bicyclic) bond motifs is 10. The molecule has 4 aromatic heterocycles. The molecule has 0 saturated carbocycles. The molecule has 0 saturated heterocycles. The Morgan fingerprint density at radius 1 is 0.299 bits per heavy atom. The van der Waals surface area contributed by atoms with E-state index >= 15 is 0 Å². The fourth-order valence-electron chi connectivity index (χ4n) is 10.2. The van der Waals surface area contributed by atoms with Crippen LogP contribution >= 0.6 is 11.3 Å². The van der Waals surface area contributed by atoms with Crippen LogP contribution in [0, 0.1) is 0 Å². The number of aromatic nitrogens is 5. The number of nitrogens with zero attached hydrogens (tertiary/aromatic N) is 5. The minimum atomic E-state index is 0.619. The van der Waals surface area contributed by atoms with Crippen molar-refractivity contribution in [3.63, 3.8) is 0 Å². The molecule has 0 aliphatic carbocycles. The third kappa shape index (κ3) is 6.04. The number of thiophene rings is 1. The highest BCUT2D eigenvalue weighted by atomic mass is 32.1. The second kappa shape index (κ2) is 14.9. The highest BCUT2D eigenvalue weighted by Crippen LogP contribution is 2.42. The lowest BCUT2D eigenvalue weighted by molar-refractivity contribution is 1.07. The van der Waals surface area contributed by atoms with Gasteiger partial charge >= 0.3 is 0 Å². The van der Waals surface area contributed by atoms with Crippen LogP contribution in [0.4, 0.5) is 0 Å². The zero-order valence-electron chi connectivity index (χ0n) is 36.0. The average molecular weight is 872 g/mol. The van der Waals surface area contributed by atoms with Crippen molar-refractivity contribution in [2.45, 2.75) is 0 Å². The lowest BCUT2D eigenvalue weighted by atomic mass is 10.1. The van der Waals surface area contributed by atoms with Crippen molar-refractivity contribution in [1.82, 2.24) is 24.1 Å². The molecule has 0 amide bonds. The molecule has 0 fully saturated rings. The molecule has 0 spiro atoms. The molecule has 0 N–H and O–H groups in total. The zero-order valence-corrected chi connectivity index (χ0v) is 36.8. The summed E-state index contributed by atoms with van der Waals surface area (Å²) < 4.78 is 7.35. The van der Waals surface area contributed by atoms with Crippen molar-refractivity contribution in [3.8, 4) is 56.7 Å². The predicted octanol–water partition coefficient (Wildman–Crippen LogP) is 16.3. The topological polar surface area (TPSA) is 48.5 Å². The van der Waals surface area contributed by atoms with Crippen molar-refractivity contribution in [1.29, 1.82) is 0 Å². The van der Waals surface area contributed by atoms with E-state index in [4.69, 9.17) is 15.0 Å². The van der Waals surface area contributed by atoms with Gasteiger partial charge in [-0.05, 0) is 76.5 Å². The van der Waals surface area contributed by atoms with E-state index in [1.807, 2.05) is 0 Å². The van der Waals surface area contributed by atoms with Crippen molar-refractivity contribution < 1.29 is 0 Å². The Kier molecular flexibility index (Phi) is 8.38. The van der Waals surface area contributed by atoms with E-state index in [0.29, 0.717) is 17.5 Å². The van der Waals surface area contributed by atoms with E-state index in [0.717, 1.165) is 60.9 Å². The fourth-order valence-corrected chi connectivity index (χ4v) is 11.4.